The summed E-state index contributed by atoms with van der Waals surface area (Å²) in [5, 5.41) is 17.3. The molecule has 2 rings (SSSR count). The number of nitrogens with one attached hydrogen (secondary N) is 2. The molecule has 2 aromatic rings. The van der Waals surface area contributed by atoms with E-state index in [1.54, 1.807) is 12.1 Å². The fourth-order valence-corrected chi connectivity index (χ4v) is 1.91. The third-order valence-electron chi connectivity index (χ3n) is 3.37. The molecule has 0 saturated heterocycles. The molecule has 1 heterocycles. The van der Waals surface area contributed by atoms with E-state index in [-0.39, 0.29) is 29.2 Å². The van der Waals surface area contributed by atoms with Crippen LogP contribution >= 0.6 is 0 Å². The molecule has 0 aliphatic heterocycles. The molecule has 0 saturated carbocycles. The predicted octanol–water partition coefficient (Wildman–Crippen LogP) is 3.35. The van der Waals surface area contributed by atoms with Crippen LogP contribution in [-0.2, 0) is 6.54 Å². The first-order valence-corrected chi connectivity index (χ1v) is 7.25. The molecule has 0 bridgehead atoms. The van der Waals surface area contributed by atoms with Gasteiger partial charge >= 0.3 is 5.69 Å². The van der Waals surface area contributed by atoms with Gasteiger partial charge in [-0.15, -0.1) is 0 Å². The first-order chi connectivity index (χ1) is 11.0. The van der Waals surface area contributed by atoms with Crippen molar-refractivity contribution in [3.05, 3.63) is 52.1 Å². The monoisotopic (exact) mass is 319 g/mol. The second-order valence-electron chi connectivity index (χ2n) is 5.11. The van der Waals surface area contributed by atoms with Crippen molar-refractivity contribution in [1.29, 1.82) is 0 Å². The molecule has 1 aromatic carbocycles. The maximum Gasteiger partial charge on any atom is 0.353 e. The van der Waals surface area contributed by atoms with Crippen LogP contribution in [0.3, 0.4) is 0 Å². The van der Waals surface area contributed by atoms with Crippen molar-refractivity contribution in [1.82, 2.24) is 9.97 Å². The van der Waals surface area contributed by atoms with Crippen LogP contribution in [0.2, 0.25) is 0 Å². The van der Waals surface area contributed by atoms with Crippen LogP contribution < -0.4 is 10.6 Å². The van der Waals surface area contributed by atoms with Crippen molar-refractivity contribution in [2.75, 3.05) is 10.6 Å². The van der Waals surface area contributed by atoms with E-state index in [1.165, 1.54) is 18.5 Å². The molecule has 1 unspecified atom stereocenters. The minimum Gasteiger partial charge on any atom is -0.362 e. The maximum atomic E-state index is 12.9. The van der Waals surface area contributed by atoms with Crippen LogP contribution in [0.1, 0.15) is 25.8 Å². The Balaban J connectivity index is 2.21. The summed E-state index contributed by atoms with van der Waals surface area (Å²) in [4.78, 5) is 18.8. The Morgan fingerprint density at radius 2 is 1.91 bits per heavy atom. The lowest BCUT2D eigenvalue weighted by molar-refractivity contribution is -0.383. The molecule has 0 fully saturated rings. The second kappa shape index (κ2) is 7.48. The van der Waals surface area contributed by atoms with Crippen molar-refractivity contribution in [3.8, 4) is 0 Å². The van der Waals surface area contributed by atoms with Crippen molar-refractivity contribution in [3.63, 3.8) is 0 Å². The number of rotatable bonds is 7. The van der Waals surface area contributed by atoms with E-state index in [0.29, 0.717) is 6.54 Å². The van der Waals surface area contributed by atoms with Gasteiger partial charge in [0.1, 0.15) is 12.1 Å². The Morgan fingerprint density at radius 1 is 1.26 bits per heavy atom. The SMILES string of the molecule is CCC(C)Nc1ncnc(NCc2ccc(F)cc2)c1[N+](=O)[O-]. The standard InChI is InChI=1S/C15H18FN5O2/c1-3-10(2)20-15-13(21(22)23)14(18-9-19-15)17-8-11-4-6-12(16)7-5-11/h4-7,9-10H,3,8H2,1-2H3,(H2,17,18,19,20). The molecule has 0 radical (unpaired) electrons. The topological polar surface area (TPSA) is 93.0 Å². The van der Waals surface area contributed by atoms with E-state index in [9.17, 15) is 14.5 Å². The van der Waals surface area contributed by atoms with Crippen molar-refractivity contribution >= 4 is 17.3 Å². The number of benzene rings is 1. The lowest BCUT2D eigenvalue weighted by Gasteiger charge is -2.13. The van der Waals surface area contributed by atoms with Crippen LogP contribution in [0.5, 0.6) is 0 Å². The molecule has 7 nitrogen and oxygen atoms in total. The van der Waals surface area contributed by atoms with E-state index in [0.717, 1.165) is 12.0 Å². The quantitative estimate of drug-likeness (QED) is 0.600. The molecular formula is C15H18FN5O2. The third kappa shape index (κ3) is 4.35. The van der Waals surface area contributed by atoms with Gasteiger partial charge in [0.15, 0.2) is 0 Å². The largest absolute Gasteiger partial charge is 0.362 e. The lowest BCUT2D eigenvalue weighted by atomic mass is 10.2. The molecule has 0 amide bonds. The zero-order valence-corrected chi connectivity index (χ0v) is 12.9. The van der Waals surface area contributed by atoms with Crippen LogP contribution in [0.25, 0.3) is 0 Å². The van der Waals surface area contributed by atoms with Crippen LogP contribution in [-0.4, -0.2) is 20.9 Å². The minimum absolute atomic E-state index is 0.0496. The number of halogens is 1. The molecule has 122 valence electrons. The summed E-state index contributed by atoms with van der Waals surface area (Å²) >= 11 is 0. The molecule has 2 N–H and O–H groups in total. The van der Waals surface area contributed by atoms with Crippen LogP contribution in [0.15, 0.2) is 30.6 Å². The Morgan fingerprint density at radius 3 is 2.52 bits per heavy atom. The number of anilines is 2. The lowest BCUT2D eigenvalue weighted by Crippen LogP contribution is -2.17. The minimum atomic E-state index is -0.516. The van der Waals surface area contributed by atoms with E-state index in [2.05, 4.69) is 20.6 Å². The highest BCUT2D eigenvalue weighted by Gasteiger charge is 2.23. The fourth-order valence-electron chi connectivity index (χ4n) is 1.91. The predicted molar refractivity (Wildman–Crippen MR) is 85.8 cm³/mol. The molecular weight excluding hydrogens is 301 g/mol. The third-order valence-corrected chi connectivity index (χ3v) is 3.37. The Labute approximate surface area is 133 Å². The summed E-state index contributed by atoms with van der Waals surface area (Å²) in [7, 11) is 0. The van der Waals surface area contributed by atoms with Gasteiger partial charge in [0.25, 0.3) is 0 Å². The van der Waals surface area contributed by atoms with Crippen molar-refractivity contribution in [2.24, 2.45) is 0 Å². The second-order valence-corrected chi connectivity index (χ2v) is 5.11. The van der Waals surface area contributed by atoms with Crippen LogP contribution in [0, 0.1) is 15.9 Å². The van der Waals surface area contributed by atoms with Gasteiger partial charge in [0, 0.05) is 12.6 Å². The van der Waals surface area contributed by atoms with Gasteiger partial charge < -0.3 is 10.6 Å². The molecule has 1 atom stereocenters. The summed E-state index contributed by atoms with van der Waals surface area (Å²) in [5.41, 5.74) is 0.589. The average molecular weight is 319 g/mol. The van der Waals surface area contributed by atoms with E-state index in [4.69, 9.17) is 0 Å². The summed E-state index contributed by atoms with van der Waals surface area (Å²) in [6.45, 7) is 4.18. The molecule has 0 aliphatic carbocycles. The van der Waals surface area contributed by atoms with Crippen LogP contribution in [0.4, 0.5) is 21.7 Å². The number of hydrogen-bond acceptors (Lipinski definition) is 6. The summed E-state index contributed by atoms with van der Waals surface area (Å²) in [6, 6.07) is 5.93. The molecule has 8 heteroatoms. The zero-order valence-electron chi connectivity index (χ0n) is 12.9. The normalized spacial score (nSPS) is 11.8. The van der Waals surface area contributed by atoms with E-state index >= 15 is 0 Å². The average Bonchev–Trinajstić information content (AvgIpc) is 2.54. The highest BCUT2D eigenvalue weighted by Crippen LogP contribution is 2.29. The van der Waals surface area contributed by atoms with E-state index < -0.39 is 4.92 Å². The summed E-state index contributed by atoms with van der Waals surface area (Å²) in [6.07, 6.45) is 2.07. The Bertz CT molecular complexity index is 678. The van der Waals surface area contributed by atoms with Gasteiger partial charge in [-0.3, -0.25) is 10.1 Å². The first kappa shape index (κ1) is 16.6. The molecule has 23 heavy (non-hydrogen) atoms. The van der Waals surface area contributed by atoms with Gasteiger partial charge in [-0.25, -0.2) is 14.4 Å². The van der Waals surface area contributed by atoms with Gasteiger partial charge in [-0.1, -0.05) is 19.1 Å². The van der Waals surface area contributed by atoms with Gasteiger partial charge in [-0.05, 0) is 31.0 Å². The molecule has 0 aliphatic rings. The maximum absolute atomic E-state index is 12.9. The number of aromatic nitrogens is 2. The van der Waals surface area contributed by atoms with E-state index in [1.807, 2.05) is 13.8 Å². The molecule has 1 aromatic heterocycles. The number of hydrogen-bond donors (Lipinski definition) is 2. The highest BCUT2D eigenvalue weighted by atomic mass is 19.1. The van der Waals surface area contributed by atoms with Crippen molar-refractivity contribution < 1.29 is 9.31 Å². The number of nitro groups is 1. The fraction of sp³-hybridized carbons (Fsp3) is 0.333. The summed E-state index contributed by atoms with van der Waals surface area (Å²) < 4.78 is 12.9. The Kier molecular flexibility index (Phi) is 5.40. The Hall–Kier alpha value is -2.77. The zero-order chi connectivity index (χ0) is 16.8. The first-order valence-electron chi connectivity index (χ1n) is 7.25. The molecule has 0 spiro atoms. The number of nitrogens with zero attached hydrogens (tertiary/aromatic N) is 3. The van der Waals surface area contributed by atoms with Gasteiger partial charge in [0.2, 0.25) is 11.6 Å². The highest BCUT2D eigenvalue weighted by molar-refractivity contribution is 5.69. The van der Waals surface area contributed by atoms with Gasteiger partial charge in [0.05, 0.1) is 4.92 Å². The smallest absolute Gasteiger partial charge is 0.353 e. The summed E-state index contributed by atoms with van der Waals surface area (Å²) in [5.74, 6) is -0.0251. The van der Waals surface area contributed by atoms with Crippen molar-refractivity contribution in [2.45, 2.75) is 32.9 Å². The van der Waals surface area contributed by atoms with Gasteiger partial charge in [-0.2, -0.15) is 0 Å².